The van der Waals surface area contributed by atoms with Gasteiger partial charge in [-0.05, 0) is 49.4 Å². The smallest absolute Gasteiger partial charge is 0.321 e. The van der Waals surface area contributed by atoms with Crippen molar-refractivity contribution < 1.29 is 14.7 Å². The van der Waals surface area contributed by atoms with Crippen LogP contribution in [0.15, 0.2) is 18.2 Å². The SMILES string of the molecule is CCc1ccc(NC(=O)N2CCC(C)(C(=O)O)C2)cc1CC. The quantitative estimate of drug-likeness (QED) is 0.898. The summed E-state index contributed by atoms with van der Waals surface area (Å²) in [6, 6.07) is 5.72. The lowest BCUT2D eigenvalue weighted by Gasteiger charge is -2.21. The van der Waals surface area contributed by atoms with Crippen LogP contribution in [0.4, 0.5) is 10.5 Å². The summed E-state index contributed by atoms with van der Waals surface area (Å²) in [5.74, 6) is -0.844. The van der Waals surface area contributed by atoms with Crippen LogP contribution in [0.25, 0.3) is 0 Å². The molecule has 22 heavy (non-hydrogen) atoms. The first-order valence-electron chi connectivity index (χ1n) is 7.80. The Bertz CT molecular complexity index is 585. The number of aryl methyl sites for hydroxylation is 2. The summed E-state index contributed by atoms with van der Waals surface area (Å²) < 4.78 is 0. The minimum Gasteiger partial charge on any atom is -0.481 e. The number of hydrogen-bond donors (Lipinski definition) is 2. The van der Waals surface area contributed by atoms with E-state index in [9.17, 15) is 14.7 Å². The summed E-state index contributed by atoms with van der Waals surface area (Å²) in [6.07, 6.45) is 2.39. The second-order valence-electron chi connectivity index (χ2n) is 6.16. The topological polar surface area (TPSA) is 69.6 Å². The highest BCUT2D eigenvalue weighted by Gasteiger charge is 2.42. The molecule has 5 nitrogen and oxygen atoms in total. The van der Waals surface area contributed by atoms with Crippen LogP contribution < -0.4 is 5.32 Å². The zero-order valence-corrected chi connectivity index (χ0v) is 13.5. The van der Waals surface area contributed by atoms with Crippen molar-refractivity contribution in [2.45, 2.75) is 40.0 Å². The molecule has 1 aromatic rings. The fourth-order valence-corrected chi connectivity index (χ4v) is 2.89. The summed E-state index contributed by atoms with van der Waals surface area (Å²) in [5.41, 5.74) is 2.46. The fourth-order valence-electron chi connectivity index (χ4n) is 2.89. The average Bonchev–Trinajstić information content (AvgIpc) is 2.91. The molecule has 1 saturated heterocycles. The van der Waals surface area contributed by atoms with Crippen molar-refractivity contribution in [3.8, 4) is 0 Å². The molecule has 1 aliphatic heterocycles. The van der Waals surface area contributed by atoms with Crippen LogP contribution in [-0.4, -0.2) is 35.1 Å². The summed E-state index contributed by atoms with van der Waals surface area (Å²) in [7, 11) is 0. The third kappa shape index (κ3) is 3.24. The predicted molar refractivity (Wildman–Crippen MR) is 86.1 cm³/mol. The first-order valence-corrected chi connectivity index (χ1v) is 7.80. The Balaban J connectivity index is 2.05. The molecule has 120 valence electrons. The van der Waals surface area contributed by atoms with Gasteiger partial charge in [0.25, 0.3) is 0 Å². The Hall–Kier alpha value is -2.04. The Kier molecular flexibility index (Phi) is 4.74. The first-order chi connectivity index (χ1) is 10.4. The highest BCUT2D eigenvalue weighted by atomic mass is 16.4. The van der Waals surface area contributed by atoms with Gasteiger partial charge in [-0.2, -0.15) is 0 Å². The number of nitrogens with one attached hydrogen (secondary N) is 1. The van der Waals surface area contributed by atoms with Crippen LogP contribution in [0.1, 0.15) is 38.3 Å². The van der Waals surface area contributed by atoms with E-state index >= 15 is 0 Å². The molecule has 1 aromatic carbocycles. The fraction of sp³-hybridized carbons (Fsp3) is 0.529. The number of likely N-dealkylation sites (tertiary alicyclic amines) is 1. The van der Waals surface area contributed by atoms with E-state index in [1.807, 2.05) is 18.2 Å². The maximum atomic E-state index is 12.3. The zero-order chi connectivity index (χ0) is 16.3. The first kappa shape index (κ1) is 16.3. The number of nitrogens with zero attached hydrogens (tertiary/aromatic N) is 1. The molecule has 2 rings (SSSR count). The maximum absolute atomic E-state index is 12.3. The van der Waals surface area contributed by atoms with E-state index in [2.05, 4.69) is 19.2 Å². The largest absolute Gasteiger partial charge is 0.481 e. The summed E-state index contributed by atoms with van der Waals surface area (Å²) in [6.45, 7) is 6.63. The number of amides is 2. The number of anilines is 1. The zero-order valence-electron chi connectivity index (χ0n) is 13.5. The lowest BCUT2D eigenvalue weighted by Crippen LogP contribution is -2.37. The molecular weight excluding hydrogens is 280 g/mol. The van der Waals surface area contributed by atoms with Gasteiger partial charge in [-0.25, -0.2) is 4.79 Å². The number of carboxylic acids is 1. The van der Waals surface area contributed by atoms with E-state index in [4.69, 9.17) is 0 Å². The minimum absolute atomic E-state index is 0.226. The summed E-state index contributed by atoms with van der Waals surface area (Å²) >= 11 is 0. The van der Waals surface area contributed by atoms with Crippen molar-refractivity contribution in [1.82, 2.24) is 4.90 Å². The molecule has 2 amide bonds. The number of hydrogen-bond acceptors (Lipinski definition) is 2. The number of carbonyl (C=O) groups excluding carboxylic acids is 1. The van der Waals surface area contributed by atoms with Crippen LogP contribution in [-0.2, 0) is 17.6 Å². The van der Waals surface area contributed by atoms with Gasteiger partial charge >= 0.3 is 12.0 Å². The van der Waals surface area contributed by atoms with E-state index < -0.39 is 11.4 Å². The molecule has 1 atom stereocenters. The van der Waals surface area contributed by atoms with Gasteiger partial charge in [0, 0.05) is 18.8 Å². The van der Waals surface area contributed by atoms with Gasteiger partial charge in [0.05, 0.1) is 5.41 Å². The van der Waals surface area contributed by atoms with Crippen molar-refractivity contribution >= 4 is 17.7 Å². The molecule has 0 radical (unpaired) electrons. The van der Waals surface area contributed by atoms with Gasteiger partial charge in [0.15, 0.2) is 0 Å². The second-order valence-corrected chi connectivity index (χ2v) is 6.16. The Morgan fingerprint density at radius 1 is 1.27 bits per heavy atom. The normalized spacial score (nSPS) is 21.0. The lowest BCUT2D eigenvalue weighted by atomic mass is 9.90. The van der Waals surface area contributed by atoms with Crippen molar-refractivity contribution in [1.29, 1.82) is 0 Å². The van der Waals surface area contributed by atoms with Crippen LogP contribution in [0.2, 0.25) is 0 Å². The van der Waals surface area contributed by atoms with E-state index in [-0.39, 0.29) is 12.6 Å². The van der Waals surface area contributed by atoms with Crippen LogP contribution in [0, 0.1) is 5.41 Å². The van der Waals surface area contributed by atoms with E-state index in [0.29, 0.717) is 13.0 Å². The number of aliphatic carboxylic acids is 1. The van der Waals surface area contributed by atoms with E-state index in [0.717, 1.165) is 18.5 Å². The molecule has 0 bridgehead atoms. The van der Waals surface area contributed by atoms with Gasteiger partial charge in [-0.15, -0.1) is 0 Å². The molecule has 0 aliphatic carbocycles. The Morgan fingerprint density at radius 2 is 1.95 bits per heavy atom. The van der Waals surface area contributed by atoms with Crippen molar-refractivity contribution in [2.24, 2.45) is 5.41 Å². The Labute approximate surface area is 131 Å². The molecule has 0 spiro atoms. The molecule has 5 heteroatoms. The molecule has 1 fully saturated rings. The molecule has 2 N–H and O–H groups in total. The van der Waals surface area contributed by atoms with E-state index in [1.165, 1.54) is 11.1 Å². The van der Waals surface area contributed by atoms with Crippen LogP contribution >= 0.6 is 0 Å². The van der Waals surface area contributed by atoms with Gasteiger partial charge in [0.1, 0.15) is 0 Å². The number of carbonyl (C=O) groups is 2. The molecule has 0 saturated carbocycles. The molecule has 1 aliphatic rings. The Morgan fingerprint density at radius 3 is 2.50 bits per heavy atom. The molecule has 0 aromatic heterocycles. The monoisotopic (exact) mass is 304 g/mol. The van der Waals surface area contributed by atoms with Crippen LogP contribution in [0.5, 0.6) is 0 Å². The highest BCUT2D eigenvalue weighted by molar-refractivity contribution is 5.90. The molecule has 1 unspecified atom stereocenters. The van der Waals surface area contributed by atoms with Crippen molar-refractivity contribution in [3.05, 3.63) is 29.3 Å². The second kappa shape index (κ2) is 6.38. The van der Waals surface area contributed by atoms with Crippen molar-refractivity contribution in [2.75, 3.05) is 18.4 Å². The van der Waals surface area contributed by atoms with Gasteiger partial charge in [-0.3, -0.25) is 4.79 Å². The predicted octanol–water partition coefficient (Wildman–Crippen LogP) is 3.14. The number of rotatable bonds is 4. The third-order valence-corrected chi connectivity index (χ3v) is 4.50. The standard InChI is InChI=1S/C17H24N2O3/c1-4-12-6-7-14(10-13(12)5-2)18-16(22)19-9-8-17(3,11-19)15(20)21/h6-7,10H,4-5,8-9,11H2,1-3H3,(H,18,22)(H,20,21). The molecular formula is C17H24N2O3. The third-order valence-electron chi connectivity index (χ3n) is 4.50. The highest BCUT2D eigenvalue weighted by Crippen LogP contribution is 2.30. The van der Waals surface area contributed by atoms with E-state index in [1.54, 1.807) is 11.8 Å². The van der Waals surface area contributed by atoms with Crippen LogP contribution in [0.3, 0.4) is 0 Å². The van der Waals surface area contributed by atoms with Gasteiger partial charge < -0.3 is 15.3 Å². The molecule has 1 heterocycles. The number of benzene rings is 1. The lowest BCUT2D eigenvalue weighted by molar-refractivity contribution is -0.146. The minimum atomic E-state index is -0.844. The number of urea groups is 1. The summed E-state index contributed by atoms with van der Waals surface area (Å²) in [4.78, 5) is 25.1. The van der Waals surface area contributed by atoms with Crippen molar-refractivity contribution in [3.63, 3.8) is 0 Å². The number of carboxylic acid groups (broad SMARTS) is 1. The van der Waals surface area contributed by atoms with Gasteiger partial charge in [-0.1, -0.05) is 19.9 Å². The average molecular weight is 304 g/mol. The van der Waals surface area contributed by atoms with Gasteiger partial charge in [0.2, 0.25) is 0 Å². The summed E-state index contributed by atoms with van der Waals surface area (Å²) in [5, 5.41) is 12.1. The maximum Gasteiger partial charge on any atom is 0.321 e.